The van der Waals surface area contributed by atoms with Crippen LogP contribution in [0, 0.1) is 0 Å². The maximum Gasteiger partial charge on any atom is 0.416 e. The lowest BCUT2D eigenvalue weighted by Crippen LogP contribution is -2.08. The van der Waals surface area contributed by atoms with E-state index < -0.39 is 11.7 Å². The van der Waals surface area contributed by atoms with Crippen LogP contribution < -0.4 is 10.5 Å². The number of imidazole rings is 1. The first-order valence-corrected chi connectivity index (χ1v) is 6.01. The van der Waals surface area contributed by atoms with E-state index in [9.17, 15) is 13.2 Å². The van der Waals surface area contributed by atoms with E-state index in [1.807, 2.05) is 6.92 Å². The molecular formula is C13H14F3N3O. The van der Waals surface area contributed by atoms with E-state index in [1.54, 1.807) is 10.8 Å². The van der Waals surface area contributed by atoms with Crippen molar-refractivity contribution < 1.29 is 17.9 Å². The Morgan fingerprint density at radius 2 is 1.90 bits per heavy atom. The van der Waals surface area contributed by atoms with E-state index in [-0.39, 0.29) is 6.61 Å². The number of hydrogen-bond acceptors (Lipinski definition) is 3. The molecule has 4 nitrogen and oxygen atoms in total. The number of alkyl halides is 3. The summed E-state index contributed by atoms with van der Waals surface area (Å²) in [6, 6.07) is 4.55. The van der Waals surface area contributed by atoms with Crippen molar-refractivity contribution in [3.05, 3.63) is 41.7 Å². The van der Waals surface area contributed by atoms with Crippen molar-refractivity contribution in [2.75, 3.05) is 5.73 Å². The molecule has 1 aromatic heterocycles. The number of benzene rings is 1. The lowest BCUT2D eigenvalue weighted by molar-refractivity contribution is -0.137. The van der Waals surface area contributed by atoms with Crippen molar-refractivity contribution in [1.82, 2.24) is 9.55 Å². The summed E-state index contributed by atoms with van der Waals surface area (Å²) in [5, 5.41) is 0. The van der Waals surface area contributed by atoms with Crippen molar-refractivity contribution in [3.8, 4) is 5.75 Å². The number of anilines is 1. The number of halogens is 3. The first kappa shape index (κ1) is 14.2. The SMILES string of the molecule is CCn1c(COc2ccc(C(F)(F)F)cc2)cnc1N. The average molecular weight is 285 g/mol. The van der Waals surface area contributed by atoms with E-state index in [4.69, 9.17) is 10.5 Å². The van der Waals surface area contributed by atoms with Crippen LogP contribution in [0.3, 0.4) is 0 Å². The third kappa shape index (κ3) is 3.04. The van der Waals surface area contributed by atoms with Gasteiger partial charge in [0.05, 0.1) is 17.5 Å². The molecule has 0 radical (unpaired) electrons. The Morgan fingerprint density at radius 3 is 2.45 bits per heavy atom. The van der Waals surface area contributed by atoms with Crippen LogP contribution in [-0.4, -0.2) is 9.55 Å². The Bertz CT molecular complexity index is 576. The van der Waals surface area contributed by atoms with Gasteiger partial charge in [0.25, 0.3) is 0 Å². The fraction of sp³-hybridized carbons (Fsp3) is 0.308. The molecular weight excluding hydrogens is 271 g/mol. The monoisotopic (exact) mass is 285 g/mol. The van der Waals surface area contributed by atoms with Crippen LogP contribution in [0.4, 0.5) is 19.1 Å². The van der Waals surface area contributed by atoms with Gasteiger partial charge in [0, 0.05) is 6.54 Å². The van der Waals surface area contributed by atoms with E-state index in [0.29, 0.717) is 18.2 Å². The zero-order valence-electron chi connectivity index (χ0n) is 10.8. The zero-order chi connectivity index (χ0) is 14.8. The minimum atomic E-state index is -4.34. The number of nitrogens with zero attached hydrogens (tertiary/aromatic N) is 2. The molecule has 0 saturated carbocycles. The van der Waals surface area contributed by atoms with Crippen LogP contribution in [0.25, 0.3) is 0 Å². The van der Waals surface area contributed by atoms with Crippen molar-refractivity contribution in [1.29, 1.82) is 0 Å². The van der Waals surface area contributed by atoms with Gasteiger partial charge < -0.3 is 15.0 Å². The molecule has 2 N–H and O–H groups in total. The number of nitrogen functional groups attached to an aromatic ring is 1. The maximum atomic E-state index is 12.4. The van der Waals surface area contributed by atoms with E-state index in [2.05, 4.69) is 4.98 Å². The standard InChI is InChI=1S/C13H14F3N3O/c1-2-19-10(7-18-12(19)17)8-20-11-5-3-9(4-6-11)13(14,15)16/h3-7H,2,8H2,1H3,(H2,17,18). The van der Waals surface area contributed by atoms with Crippen LogP contribution in [0.1, 0.15) is 18.2 Å². The summed E-state index contributed by atoms with van der Waals surface area (Å²) in [6.45, 7) is 2.76. The molecule has 1 aromatic carbocycles. The summed E-state index contributed by atoms with van der Waals surface area (Å²) in [7, 11) is 0. The zero-order valence-corrected chi connectivity index (χ0v) is 10.8. The molecule has 0 spiro atoms. The van der Waals surface area contributed by atoms with Gasteiger partial charge in [0.15, 0.2) is 5.95 Å². The second-order valence-corrected chi connectivity index (χ2v) is 4.16. The van der Waals surface area contributed by atoms with Gasteiger partial charge in [-0.2, -0.15) is 13.2 Å². The number of nitrogens with two attached hydrogens (primary N) is 1. The van der Waals surface area contributed by atoms with E-state index in [0.717, 1.165) is 17.8 Å². The summed E-state index contributed by atoms with van der Waals surface area (Å²) in [5.41, 5.74) is 5.73. The lowest BCUT2D eigenvalue weighted by atomic mass is 10.2. The Hall–Kier alpha value is -2.18. The van der Waals surface area contributed by atoms with Crippen LogP contribution >= 0.6 is 0 Å². The van der Waals surface area contributed by atoms with Crippen molar-refractivity contribution in [2.45, 2.75) is 26.3 Å². The molecule has 20 heavy (non-hydrogen) atoms. The molecule has 0 aliphatic rings. The van der Waals surface area contributed by atoms with Crippen LogP contribution in [-0.2, 0) is 19.3 Å². The fourth-order valence-electron chi connectivity index (χ4n) is 1.80. The normalized spacial score (nSPS) is 11.6. The fourth-order valence-corrected chi connectivity index (χ4v) is 1.80. The Kier molecular flexibility index (Phi) is 3.87. The molecule has 0 aliphatic carbocycles. The minimum absolute atomic E-state index is 0.198. The molecule has 0 aliphatic heterocycles. The third-order valence-electron chi connectivity index (χ3n) is 2.85. The number of hydrogen-bond donors (Lipinski definition) is 1. The molecule has 0 amide bonds. The van der Waals surface area contributed by atoms with Crippen molar-refractivity contribution in [3.63, 3.8) is 0 Å². The van der Waals surface area contributed by atoms with Gasteiger partial charge in [-0.3, -0.25) is 0 Å². The number of rotatable bonds is 4. The molecule has 1 heterocycles. The third-order valence-corrected chi connectivity index (χ3v) is 2.85. The summed E-state index contributed by atoms with van der Waals surface area (Å²) in [5.74, 6) is 0.749. The molecule has 0 atom stereocenters. The van der Waals surface area contributed by atoms with E-state index >= 15 is 0 Å². The van der Waals surface area contributed by atoms with Gasteiger partial charge in [0.2, 0.25) is 0 Å². The van der Waals surface area contributed by atoms with Gasteiger partial charge in [-0.05, 0) is 31.2 Å². The maximum absolute atomic E-state index is 12.4. The van der Waals surface area contributed by atoms with Crippen LogP contribution in [0.2, 0.25) is 0 Å². The highest BCUT2D eigenvalue weighted by Gasteiger charge is 2.30. The highest BCUT2D eigenvalue weighted by Crippen LogP contribution is 2.30. The molecule has 0 fully saturated rings. The predicted molar refractivity (Wildman–Crippen MR) is 68.1 cm³/mol. The average Bonchev–Trinajstić information content (AvgIpc) is 2.76. The minimum Gasteiger partial charge on any atom is -0.487 e. The van der Waals surface area contributed by atoms with Gasteiger partial charge in [-0.25, -0.2) is 4.98 Å². The Labute approximate surface area is 114 Å². The highest BCUT2D eigenvalue weighted by atomic mass is 19.4. The first-order valence-electron chi connectivity index (χ1n) is 6.01. The second kappa shape index (κ2) is 5.44. The number of ether oxygens (including phenoxy) is 1. The van der Waals surface area contributed by atoms with E-state index in [1.165, 1.54) is 12.1 Å². The van der Waals surface area contributed by atoms with Crippen LogP contribution in [0.15, 0.2) is 30.5 Å². The first-order chi connectivity index (χ1) is 9.41. The molecule has 0 unspecified atom stereocenters. The van der Waals surface area contributed by atoms with Crippen molar-refractivity contribution >= 4 is 5.95 Å². The topological polar surface area (TPSA) is 53.1 Å². The summed E-state index contributed by atoms with van der Waals surface area (Å²) >= 11 is 0. The smallest absolute Gasteiger partial charge is 0.416 e. The lowest BCUT2D eigenvalue weighted by Gasteiger charge is -2.10. The quantitative estimate of drug-likeness (QED) is 0.939. The molecule has 108 valence electrons. The summed E-state index contributed by atoms with van der Waals surface area (Å²) in [6.07, 6.45) is -2.75. The summed E-state index contributed by atoms with van der Waals surface area (Å²) in [4.78, 5) is 3.96. The second-order valence-electron chi connectivity index (χ2n) is 4.16. The molecule has 0 saturated heterocycles. The largest absolute Gasteiger partial charge is 0.487 e. The van der Waals surface area contributed by atoms with Gasteiger partial charge in [0.1, 0.15) is 12.4 Å². The van der Waals surface area contributed by atoms with Gasteiger partial charge >= 0.3 is 6.18 Å². The molecule has 2 aromatic rings. The Balaban J connectivity index is 2.04. The van der Waals surface area contributed by atoms with Crippen LogP contribution in [0.5, 0.6) is 5.75 Å². The van der Waals surface area contributed by atoms with Gasteiger partial charge in [-0.15, -0.1) is 0 Å². The summed E-state index contributed by atoms with van der Waals surface area (Å²) < 4.78 is 44.4. The predicted octanol–water partition coefficient (Wildman–Crippen LogP) is 3.08. The molecule has 7 heteroatoms. The Morgan fingerprint density at radius 1 is 1.25 bits per heavy atom. The highest BCUT2D eigenvalue weighted by molar-refractivity contribution is 5.29. The molecule has 2 rings (SSSR count). The molecule has 0 bridgehead atoms. The number of aromatic nitrogens is 2. The van der Waals surface area contributed by atoms with Crippen molar-refractivity contribution in [2.24, 2.45) is 0 Å². The van der Waals surface area contributed by atoms with Gasteiger partial charge in [-0.1, -0.05) is 0 Å².